The maximum atomic E-state index is 12.1. The van der Waals surface area contributed by atoms with Crippen LogP contribution in [0.25, 0.3) is 16.9 Å². The summed E-state index contributed by atoms with van der Waals surface area (Å²) in [7, 11) is 3.43. The van der Waals surface area contributed by atoms with Gasteiger partial charge in [0, 0.05) is 31.4 Å². The monoisotopic (exact) mass is 343 g/mol. The van der Waals surface area contributed by atoms with Crippen molar-refractivity contribution in [1.29, 1.82) is 0 Å². The molecule has 0 fully saturated rings. The van der Waals surface area contributed by atoms with Gasteiger partial charge in [0.05, 0.1) is 18.5 Å². The van der Waals surface area contributed by atoms with Crippen LogP contribution in [0.15, 0.2) is 42.7 Å². The Morgan fingerprint density at radius 1 is 1.17 bits per heavy atom. The van der Waals surface area contributed by atoms with E-state index in [0.29, 0.717) is 12.8 Å². The zero-order valence-corrected chi connectivity index (χ0v) is 14.3. The van der Waals surface area contributed by atoms with Crippen LogP contribution in [0.5, 0.6) is 5.75 Å². The summed E-state index contributed by atoms with van der Waals surface area (Å²) in [5, 5.41) is 0. The Labute approximate surface area is 146 Å². The van der Waals surface area contributed by atoms with Crippen LogP contribution in [0.1, 0.15) is 12.0 Å². The first-order chi connectivity index (χ1) is 11.2. The number of methoxy groups -OCH3 is 1. The van der Waals surface area contributed by atoms with Crippen molar-refractivity contribution in [3.63, 3.8) is 0 Å². The van der Waals surface area contributed by atoms with E-state index in [1.54, 1.807) is 19.1 Å². The van der Waals surface area contributed by atoms with Crippen LogP contribution in [0.4, 0.5) is 5.69 Å². The molecule has 0 aliphatic carbocycles. The highest BCUT2D eigenvalue weighted by atomic mass is 35.5. The molecule has 0 spiro atoms. The minimum absolute atomic E-state index is 0. The number of nitrogens with zero attached hydrogens (tertiary/aromatic N) is 3. The molecule has 0 unspecified atom stereocenters. The first-order valence-corrected chi connectivity index (χ1v) is 7.59. The molecule has 0 saturated carbocycles. The molecule has 1 aliphatic rings. The second-order valence-corrected chi connectivity index (χ2v) is 5.69. The van der Waals surface area contributed by atoms with Crippen molar-refractivity contribution < 1.29 is 9.53 Å². The Balaban J connectivity index is 0.00000169. The number of imidazole rings is 1. The minimum Gasteiger partial charge on any atom is -0.495 e. The smallest absolute Gasteiger partial charge is 0.227 e. The lowest BCUT2D eigenvalue weighted by Crippen LogP contribution is -2.31. The molecule has 1 amide bonds. The number of hydrogen-bond donors (Lipinski definition) is 0. The summed E-state index contributed by atoms with van der Waals surface area (Å²) in [5.41, 5.74) is 4.86. The average Bonchev–Trinajstić information content (AvgIpc) is 3.01. The summed E-state index contributed by atoms with van der Waals surface area (Å²) in [6.45, 7) is 0. The van der Waals surface area contributed by atoms with Crippen LogP contribution in [0, 0.1) is 0 Å². The van der Waals surface area contributed by atoms with E-state index in [1.165, 1.54) is 0 Å². The van der Waals surface area contributed by atoms with Gasteiger partial charge in [-0.2, -0.15) is 0 Å². The Bertz CT molecular complexity index is 887. The van der Waals surface area contributed by atoms with E-state index >= 15 is 0 Å². The fourth-order valence-corrected chi connectivity index (χ4v) is 3.23. The summed E-state index contributed by atoms with van der Waals surface area (Å²) in [5.74, 6) is 0.839. The summed E-state index contributed by atoms with van der Waals surface area (Å²) < 4.78 is 7.47. The number of benzene rings is 1. The number of rotatable bonds is 2. The molecule has 3 aromatic rings. The van der Waals surface area contributed by atoms with Gasteiger partial charge in [0.2, 0.25) is 5.91 Å². The Kier molecular flexibility index (Phi) is 4.20. The highest BCUT2D eigenvalue weighted by Gasteiger charge is 2.27. The molecule has 0 N–H and O–H groups in total. The molecule has 5 nitrogen and oxygen atoms in total. The van der Waals surface area contributed by atoms with Gasteiger partial charge in [-0.15, -0.1) is 12.4 Å². The second kappa shape index (κ2) is 6.17. The SMILES string of the molecule is COc1ccc(-c2cn3ccccc3n2)c2c1N(C)C(=O)CC2.Cl. The van der Waals surface area contributed by atoms with Crippen LogP contribution in [-0.2, 0) is 11.2 Å². The standard InChI is InChI=1S/C18H17N3O2.ClH/c1-20-17(22)9-7-13-12(6-8-15(23-2)18(13)20)14-11-21-10-4-3-5-16(21)19-14;/h3-6,8,10-11H,7,9H2,1-2H3;1H. The molecule has 24 heavy (non-hydrogen) atoms. The van der Waals surface area contributed by atoms with Gasteiger partial charge in [-0.3, -0.25) is 4.79 Å². The topological polar surface area (TPSA) is 46.8 Å². The van der Waals surface area contributed by atoms with Gasteiger partial charge in [-0.05, 0) is 36.2 Å². The van der Waals surface area contributed by atoms with Gasteiger partial charge < -0.3 is 14.0 Å². The lowest BCUT2D eigenvalue weighted by atomic mass is 9.94. The van der Waals surface area contributed by atoms with Crippen molar-refractivity contribution in [2.75, 3.05) is 19.1 Å². The van der Waals surface area contributed by atoms with Crippen molar-refractivity contribution in [2.45, 2.75) is 12.8 Å². The molecule has 1 aliphatic heterocycles. The lowest BCUT2D eigenvalue weighted by Gasteiger charge is -2.29. The summed E-state index contributed by atoms with van der Waals surface area (Å²) in [6.07, 6.45) is 5.22. The van der Waals surface area contributed by atoms with Crippen molar-refractivity contribution in [3.05, 3.63) is 48.3 Å². The van der Waals surface area contributed by atoms with E-state index in [1.807, 2.05) is 47.1 Å². The van der Waals surface area contributed by atoms with Gasteiger partial charge in [0.1, 0.15) is 11.4 Å². The number of pyridine rings is 1. The Hall–Kier alpha value is -2.53. The van der Waals surface area contributed by atoms with Crippen LogP contribution in [0.3, 0.4) is 0 Å². The molecular weight excluding hydrogens is 326 g/mol. The van der Waals surface area contributed by atoms with E-state index in [4.69, 9.17) is 9.72 Å². The zero-order valence-electron chi connectivity index (χ0n) is 13.5. The number of carbonyl (C=O) groups is 1. The molecule has 0 radical (unpaired) electrons. The zero-order chi connectivity index (χ0) is 16.0. The number of carbonyl (C=O) groups excluding carboxylic acids is 1. The number of hydrogen-bond acceptors (Lipinski definition) is 3. The predicted molar refractivity (Wildman–Crippen MR) is 96.2 cm³/mol. The third kappa shape index (κ3) is 2.41. The first kappa shape index (κ1) is 16.3. The molecule has 0 atom stereocenters. The number of anilines is 1. The van der Waals surface area contributed by atoms with E-state index in [0.717, 1.165) is 33.9 Å². The van der Waals surface area contributed by atoms with Crippen LogP contribution >= 0.6 is 12.4 Å². The van der Waals surface area contributed by atoms with Gasteiger partial charge in [0.15, 0.2) is 0 Å². The predicted octanol–water partition coefficient (Wildman–Crippen LogP) is 3.34. The normalized spacial score (nSPS) is 13.6. The minimum atomic E-state index is 0. The van der Waals surface area contributed by atoms with Crippen molar-refractivity contribution in [2.24, 2.45) is 0 Å². The number of halogens is 1. The van der Waals surface area contributed by atoms with E-state index < -0.39 is 0 Å². The second-order valence-electron chi connectivity index (χ2n) is 5.69. The number of ether oxygens (including phenoxy) is 1. The molecule has 3 heterocycles. The molecule has 124 valence electrons. The number of fused-ring (bicyclic) bond motifs is 2. The Morgan fingerprint density at radius 2 is 2.00 bits per heavy atom. The highest BCUT2D eigenvalue weighted by Crippen LogP contribution is 2.41. The van der Waals surface area contributed by atoms with E-state index in [2.05, 4.69) is 0 Å². The summed E-state index contributed by atoms with van der Waals surface area (Å²) in [6, 6.07) is 9.88. The molecule has 6 heteroatoms. The fraction of sp³-hybridized carbons (Fsp3) is 0.222. The van der Waals surface area contributed by atoms with E-state index in [9.17, 15) is 4.79 Å². The van der Waals surface area contributed by atoms with Gasteiger partial charge in [-0.25, -0.2) is 4.98 Å². The van der Waals surface area contributed by atoms with E-state index in [-0.39, 0.29) is 18.3 Å². The summed E-state index contributed by atoms with van der Waals surface area (Å²) >= 11 is 0. The third-order valence-corrected chi connectivity index (χ3v) is 4.40. The van der Waals surface area contributed by atoms with Crippen molar-refractivity contribution in [1.82, 2.24) is 9.38 Å². The lowest BCUT2D eigenvalue weighted by molar-refractivity contribution is -0.118. The molecule has 0 bridgehead atoms. The van der Waals surface area contributed by atoms with Crippen LogP contribution in [-0.4, -0.2) is 29.4 Å². The molecular formula is C18H18ClN3O2. The first-order valence-electron chi connectivity index (χ1n) is 7.59. The highest BCUT2D eigenvalue weighted by molar-refractivity contribution is 5.99. The summed E-state index contributed by atoms with van der Waals surface area (Å²) in [4.78, 5) is 18.5. The number of amides is 1. The van der Waals surface area contributed by atoms with Crippen LogP contribution < -0.4 is 9.64 Å². The van der Waals surface area contributed by atoms with Crippen molar-refractivity contribution >= 4 is 29.6 Å². The quantitative estimate of drug-likeness (QED) is 0.717. The molecule has 0 saturated heterocycles. The van der Waals surface area contributed by atoms with Gasteiger partial charge in [0.25, 0.3) is 0 Å². The fourth-order valence-electron chi connectivity index (χ4n) is 3.23. The van der Waals surface area contributed by atoms with Gasteiger partial charge in [-0.1, -0.05) is 6.07 Å². The molecule has 1 aromatic carbocycles. The van der Waals surface area contributed by atoms with Gasteiger partial charge >= 0.3 is 0 Å². The Morgan fingerprint density at radius 3 is 2.75 bits per heavy atom. The maximum absolute atomic E-state index is 12.1. The van der Waals surface area contributed by atoms with Crippen molar-refractivity contribution in [3.8, 4) is 17.0 Å². The number of aromatic nitrogens is 2. The maximum Gasteiger partial charge on any atom is 0.227 e. The van der Waals surface area contributed by atoms with Crippen LogP contribution in [0.2, 0.25) is 0 Å². The molecule has 2 aromatic heterocycles. The average molecular weight is 344 g/mol. The molecule has 4 rings (SSSR count). The third-order valence-electron chi connectivity index (χ3n) is 4.40. The largest absolute Gasteiger partial charge is 0.495 e.